The molecule has 0 saturated carbocycles. The number of thiazole rings is 1. The first-order valence-electron chi connectivity index (χ1n) is 3.21. The minimum atomic E-state index is -0.0434. The van der Waals surface area contributed by atoms with Crippen LogP contribution in [0.15, 0.2) is 17.1 Å². The molecule has 2 heterocycles. The van der Waals surface area contributed by atoms with E-state index in [1.54, 1.807) is 6.20 Å². The van der Waals surface area contributed by atoms with Crippen molar-refractivity contribution in [3.63, 3.8) is 0 Å². The van der Waals surface area contributed by atoms with Gasteiger partial charge in [-0.1, -0.05) is 11.3 Å². The van der Waals surface area contributed by atoms with E-state index in [0.29, 0.717) is 5.65 Å². The number of H-pyrrole nitrogens is 1. The van der Waals surface area contributed by atoms with Gasteiger partial charge >= 0.3 is 4.87 Å². The fourth-order valence-corrected chi connectivity index (χ4v) is 1.73. The Kier molecular flexibility index (Phi) is 1.29. The summed E-state index contributed by atoms with van der Waals surface area (Å²) >= 11 is 1.19. The van der Waals surface area contributed by atoms with Gasteiger partial charge in [0.05, 0.1) is 4.70 Å². The van der Waals surface area contributed by atoms with Gasteiger partial charge in [0.1, 0.15) is 0 Å². The highest BCUT2D eigenvalue weighted by molar-refractivity contribution is 7.16. The molecule has 0 unspecified atom stereocenters. The Bertz CT molecular complexity index is 443. The Balaban J connectivity index is 2.92. The minimum Gasteiger partial charge on any atom is -0.297 e. The van der Waals surface area contributed by atoms with Crippen molar-refractivity contribution in [1.29, 1.82) is 0 Å². The Morgan fingerprint density at radius 3 is 3.27 bits per heavy atom. The first kappa shape index (κ1) is 6.54. The zero-order valence-corrected chi connectivity index (χ0v) is 6.73. The lowest BCUT2D eigenvalue weighted by Crippen LogP contribution is -1.90. The van der Waals surface area contributed by atoms with Crippen LogP contribution in [0.4, 0.5) is 0 Å². The molecule has 0 radical (unpaired) electrons. The van der Waals surface area contributed by atoms with Crippen molar-refractivity contribution in [3.05, 3.63) is 27.5 Å². The zero-order chi connectivity index (χ0) is 7.84. The predicted molar refractivity (Wildman–Crippen MR) is 45.0 cm³/mol. The SMILES string of the molecule is Cc1cnc2[nH]c(=O)sc2c1. The molecule has 11 heavy (non-hydrogen) atoms. The molecule has 0 aromatic carbocycles. The zero-order valence-electron chi connectivity index (χ0n) is 5.92. The number of rotatable bonds is 0. The number of fused-ring (bicyclic) bond motifs is 1. The highest BCUT2D eigenvalue weighted by Gasteiger charge is 1.98. The lowest BCUT2D eigenvalue weighted by atomic mass is 10.3. The highest BCUT2D eigenvalue weighted by Crippen LogP contribution is 2.12. The van der Waals surface area contributed by atoms with Gasteiger partial charge in [0.15, 0.2) is 5.65 Å². The molecule has 2 aromatic rings. The first-order valence-corrected chi connectivity index (χ1v) is 4.03. The van der Waals surface area contributed by atoms with Crippen LogP contribution in [0.5, 0.6) is 0 Å². The van der Waals surface area contributed by atoms with Gasteiger partial charge in [-0.05, 0) is 18.6 Å². The quantitative estimate of drug-likeness (QED) is 0.641. The lowest BCUT2D eigenvalue weighted by Gasteiger charge is -1.88. The summed E-state index contributed by atoms with van der Waals surface area (Å²) in [5.74, 6) is 0. The molecule has 56 valence electrons. The molecule has 0 bridgehead atoms. The number of nitrogens with one attached hydrogen (secondary N) is 1. The number of hydrogen-bond acceptors (Lipinski definition) is 3. The van der Waals surface area contributed by atoms with Crippen molar-refractivity contribution in [2.24, 2.45) is 0 Å². The average Bonchev–Trinajstić information content (AvgIpc) is 2.27. The Labute approximate surface area is 66.7 Å². The summed E-state index contributed by atoms with van der Waals surface area (Å²) in [5, 5.41) is 0. The standard InChI is InChI=1S/C7H6N2OS/c1-4-2-5-6(8-3-4)9-7(10)11-5/h2-3H,1H3,(H,8,9,10). The van der Waals surface area contributed by atoms with Crippen molar-refractivity contribution in [2.75, 3.05) is 0 Å². The van der Waals surface area contributed by atoms with Gasteiger partial charge < -0.3 is 0 Å². The summed E-state index contributed by atoms with van der Waals surface area (Å²) in [6.45, 7) is 1.95. The second kappa shape index (κ2) is 2.17. The molecule has 0 aliphatic rings. The molecule has 0 spiro atoms. The molecule has 4 heteroatoms. The average molecular weight is 166 g/mol. The summed E-state index contributed by atoms with van der Waals surface area (Å²) < 4.78 is 0.926. The summed E-state index contributed by atoms with van der Waals surface area (Å²) in [7, 11) is 0. The predicted octanol–water partition coefficient (Wildman–Crippen LogP) is 1.29. The number of nitrogens with zero attached hydrogens (tertiary/aromatic N) is 1. The van der Waals surface area contributed by atoms with Gasteiger partial charge in [-0.15, -0.1) is 0 Å². The van der Waals surface area contributed by atoms with Gasteiger partial charge in [-0.25, -0.2) is 4.98 Å². The minimum absolute atomic E-state index is 0.0434. The Morgan fingerprint density at radius 2 is 2.45 bits per heavy atom. The smallest absolute Gasteiger partial charge is 0.297 e. The topological polar surface area (TPSA) is 45.8 Å². The van der Waals surface area contributed by atoms with Crippen LogP contribution in [0.2, 0.25) is 0 Å². The lowest BCUT2D eigenvalue weighted by molar-refractivity contribution is 1.26. The van der Waals surface area contributed by atoms with Gasteiger partial charge in [0, 0.05) is 6.20 Å². The van der Waals surface area contributed by atoms with Crippen LogP contribution in [0.3, 0.4) is 0 Å². The van der Waals surface area contributed by atoms with E-state index >= 15 is 0 Å². The molecule has 2 rings (SSSR count). The van der Waals surface area contributed by atoms with E-state index in [4.69, 9.17) is 0 Å². The molecule has 0 amide bonds. The van der Waals surface area contributed by atoms with E-state index in [-0.39, 0.29) is 4.87 Å². The normalized spacial score (nSPS) is 10.6. The van der Waals surface area contributed by atoms with E-state index in [0.717, 1.165) is 10.3 Å². The summed E-state index contributed by atoms with van der Waals surface area (Å²) in [4.78, 5) is 17.5. The van der Waals surface area contributed by atoms with Gasteiger partial charge in [-0.2, -0.15) is 0 Å². The summed E-state index contributed by atoms with van der Waals surface area (Å²) in [5.41, 5.74) is 1.76. The van der Waals surface area contributed by atoms with Crippen molar-refractivity contribution in [1.82, 2.24) is 9.97 Å². The third kappa shape index (κ3) is 1.05. The molecule has 2 aromatic heterocycles. The molecular formula is C7H6N2OS. The summed E-state index contributed by atoms with van der Waals surface area (Å²) in [6.07, 6.45) is 1.74. The second-order valence-electron chi connectivity index (χ2n) is 2.37. The third-order valence-corrected chi connectivity index (χ3v) is 2.23. The monoisotopic (exact) mass is 166 g/mol. The number of aromatic amines is 1. The maximum atomic E-state index is 10.8. The van der Waals surface area contributed by atoms with Crippen LogP contribution in [-0.2, 0) is 0 Å². The second-order valence-corrected chi connectivity index (χ2v) is 3.39. The van der Waals surface area contributed by atoms with Gasteiger partial charge in [0.2, 0.25) is 0 Å². The van der Waals surface area contributed by atoms with Crippen LogP contribution in [0.1, 0.15) is 5.56 Å². The van der Waals surface area contributed by atoms with Crippen molar-refractivity contribution < 1.29 is 0 Å². The van der Waals surface area contributed by atoms with Crippen LogP contribution < -0.4 is 4.87 Å². The Hall–Kier alpha value is -1.16. The number of aromatic nitrogens is 2. The van der Waals surface area contributed by atoms with E-state index in [2.05, 4.69) is 9.97 Å². The van der Waals surface area contributed by atoms with E-state index in [1.807, 2.05) is 13.0 Å². The number of hydrogen-bond donors (Lipinski definition) is 1. The first-order chi connectivity index (χ1) is 5.25. The fraction of sp³-hybridized carbons (Fsp3) is 0.143. The van der Waals surface area contributed by atoms with Crippen LogP contribution >= 0.6 is 11.3 Å². The molecular weight excluding hydrogens is 160 g/mol. The molecule has 3 nitrogen and oxygen atoms in total. The van der Waals surface area contributed by atoms with Crippen molar-refractivity contribution in [3.8, 4) is 0 Å². The van der Waals surface area contributed by atoms with Crippen LogP contribution in [0, 0.1) is 6.92 Å². The third-order valence-electron chi connectivity index (χ3n) is 1.41. The maximum Gasteiger partial charge on any atom is 0.306 e. The number of aryl methyl sites for hydroxylation is 1. The van der Waals surface area contributed by atoms with E-state index in [9.17, 15) is 4.79 Å². The molecule has 0 atom stereocenters. The molecule has 0 saturated heterocycles. The largest absolute Gasteiger partial charge is 0.306 e. The number of pyridine rings is 1. The molecule has 0 fully saturated rings. The van der Waals surface area contributed by atoms with Crippen molar-refractivity contribution >= 4 is 21.7 Å². The van der Waals surface area contributed by atoms with Crippen LogP contribution in [-0.4, -0.2) is 9.97 Å². The summed E-state index contributed by atoms with van der Waals surface area (Å²) in [6, 6.07) is 1.95. The maximum absolute atomic E-state index is 10.8. The fourth-order valence-electron chi connectivity index (χ4n) is 0.936. The van der Waals surface area contributed by atoms with Crippen molar-refractivity contribution in [2.45, 2.75) is 6.92 Å². The van der Waals surface area contributed by atoms with Gasteiger partial charge in [-0.3, -0.25) is 9.78 Å². The molecule has 0 aliphatic carbocycles. The van der Waals surface area contributed by atoms with E-state index < -0.39 is 0 Å². The van der Waals surface area contributed by atoms with Gasteiger partial charge in [0.25, 0.3) is 0 Å². The van der Waals surface area contributed by atoms with E-state index in [1.165, 1.54) is 11.3 Å². The highest BCUT2D eigenvalue weighted by atomic mass is 32.1. The molecule has 1 N–H and O–H groups in total. The van der Waals surface area contributed by atoms with Crippen LogP contribution in [0.25, 0.3) is 10.3 Å². The Morgan fingerprint density at radius 1 is 1.64 bits per heavy atom. The molecule has 0 aliphatic heterocycles.